The van der Waals surface area contributed by atoms with Crippen LogP contribution in [0.3, 0.4) is 0 Å². The summed E-state index contributed by atoms with van der Waals surface area (Å²) in [5, 5.41) is 9.50. The van der Waals surface area contributed by atoms with Crippen molar-refractivity contribution < 1.29 is 9.50 Å². The molecule has 1 aromatic rings. The average Bonchev–Trinajstić information content (AvgIpc) is 2.39. The fourth-order valence-electron chi connectivity index (χ4n) is 2.23. The van der Waals surface area contributed by atoms with Crippen molar-refractivity contribution in [1.29, 1.82) is 0 Å². The van der Waals surface area contributed by atoms with Gasteiger partial charge in [0.1, 0.15) is 5.82 Å². The van der Waals surface area contributed by atoms with E-state index in [-0.39, 0.29) is 5.82 Å². The van der Waals surface area contributed by atoms with Gasteiger partial charge in [-0.15, -0.1) is 0 Å². The van der Waals surface area contributed by atoms with Gasteiger partial charge in [-0.05, 0) is 18.2 Å². The predicted octanol–water partition coefficient (Wildman–Crippen LogP) is 0.267. The van der Waals surface area contributed by atoms with Crippen LogP contribution in [0.15, 0.2) is 24.3 Å². The first-order valence-electron chi connectivity index (χ1n) is 6.30. The van der Waals surface area contributed by atoms with Crippen LogP contribution in [0.25, 0.3) is 0 Å². The quantitative estimate of drug-likeness (QED) is 0.808. The number of hydrogen-bond acceptors (Lipinski definition) is 4. The van der Waals surface area contributed by atoms with Crippen molar-refractivity contribution in [2.24, 2.45) is 5.73 Å². The SMILES string of the molecule is NCC(O)CN1CCN(c2cccc(F)c2)CC1. The van der Waals surface area contributed by atoms with E-state index in [4.69, 9.17) is 5.73 Å². The highest BCUT2D eigenvalue weighted by Crippen LogP contribution is 2.17. The van der Waals surface area contributed by atoms with Gasteiger partial charge in [-0.1, -0.05) is 6.07 Å². The zero-order chi connectivity index (χ0) is 13.0. The van der Waals surface area contributed by atoms with Gasteiger partial charge < -0.3 is 15.7 Å². The molecule has 5 heteroatoms. The molecular formula is C13H20FN3O. The Labute approximate surface area is 107 Å². The van der Waals surface area contributed by atoms with Crippen molar-refractivity contribution in [2.45, 2.75) is 6.10 Å². The third-order valence-corrected chi connectivity index (χ3v) is 3.29. The van der Waals surface area contributed by atoms with Gasteiger partial charge in [-0.25, -0.2) is 4.39 Å². The molecule has 18 heavy (non-hydrogen) atoms. The molecule has 0 bridgehead atoms. The maximum atomic E-state index is 13.1. The van der Waals surface area contributed by atoms with Gasteiger partial charge in [0.2, 0.25) is 0 Å². The van der Waals surface area contributed by atoms with E-state index in [0.29, 0.717) is 13.1 Å². The Morgan fingerprint density at radius 1 is 1.28 bits per heavy atom. The highest BCUT2D eigenvalue weighted by molar-refractivity contribution is 5.46. The minimum atomic E-state index is -0.453. The summed E-state index contributed by atoms with van der Waals surface area (Å²) in [5.74, 6) is -0.200. The number of aliphatic hydroxyl groups is 1. The summed E-state index contributed by atoms with van der Waals surface area (Å²) in [7, 11) is 0. The van der Waals surface area contributed by atoms with Crippen LogP contribution in [0.5, 0.6) is 0 Å². The van der Waals surface area contributed by atoms with Crippen molar-refractivity contribution in [3.63, 3.8) is 0 Å². The molecule has 1 aliphatic rings. The molecule has 4 nitrogen and oxygen atoms in total. The number of anilines is 1. The van der Waals surface area contributed by atoms with E-state index in [9.17, 15) is 9.50 Å². The second-order valence-electron chi connectivity index (χ2n) is 4.66. The fraction of sp³-hybridized carbons (Fsp3) is 0.538. The van der Waals surface area contributed by atoms with Gasteiger partial charge in [-0.3, -0.25) is 4.90 Å². The minimum Gasteiger partial charge on any atom is -0.390 e. The monoisotopic (exact) mass is 253 g/mol. The number of β-amino-alcohol motifs (C(OH)–C–C–N with tert-alkyl or cyclic N) is 1. The molecule has 0 saturated carbocycles. The summed E-state index contributed by atoms with van der Waals surface area (Å²) in [6, 6.07) is 6.67. The summed E-state index contributed by atoms with van der Waals surface area (Å²) in [6.07, 6.45) is -0.453. The van der Waals surface area contributed by atoms with E-state index in [2.05, 4.69) is 9.80 Å². The second kappa shape index (κ2) is 6.13. The van der Waals surface area contributed by atoms with E-state index < -0.39 is 6.10 Å². The first-order valence-corrected chi connectivity index (χ1v) is 6.30. The first kappa shape index (κ1) is 13.3. The Hall–Kier alpha value is -1.17. The molecule has 0 aliphatic carbocycles. The molecule has 0 amide bonds. The lowest BCUT2D eigenvalue weighted by atomic mass is 10.2. The standard InChI is InChI=1S/C13H20FN3O/c14-11-2-1-3-12(8-11)17-6-4-16(5-7-17)10-13(18)9-15/h1-3,8,13,18H,4-7,9-10,15H2. The van der Waals surface area contributed by atoms with Crippen molar-refractivity contribution in [1.82, 2.24) is 4.90 Å². The van der Waals surface area contributed by atoms with E-state index in [1.807, 2.05) is 6.07 Å². The highest BCUT2D eigenvalue weighted by Gasteiger charge is 2.19. The van der Waals surface area contributed by atoms with Crippen molar-refractivity contribution in [2.75, 3.05) is 44.2 Å². The van der Waals surface area contributed by atoms with Crippen LogP contribution in [-0.2, 0) is 0 Å². The van der Waals surface area contributed by atoms with Gasteiger partial charge in [0.25, 0.3) is 0 Å². The molecule has 0 spiro atoms. The summed E-state index contributed by atoms with van der Waals surface area (Å²) in [6.45, 7) is 4.35. The second-order valence-corrected chi connectivity index (χ2v) is 4.66. The Morgan fingerprint density at radius 3 is 2.61 bits per heavy atom. The van der Waals surface area contributed by atoms with Crippen molar-refractivity contribution >= 4 is 5.69 Å². The third-order valence-electron chi connectivity index (χ3n) is 3.29. The molecule has 3 N–H and O–H groups in total. The number of piperazine rings is 1. The lowest BCUT2D eigenvalue weighted by molar-refractivity contribution is 0.115. The normalized spacial score (nSPS) is 18.9. The number of rotatable bonds is 4. The molecule has 1 aliphatic heterocycles. The van der Waals surface area contributed by atoms with Gasteiger partial charge in [0, 0.05) is 45.0 Å². The van der Waals surface area contributed by atoms with E-state index in [1.54, 1.807) is 12.1 Å². The number of benzene rings is 1. The third kappa shape index (κ3) is 3.41. The lowest BCUT2D eigenvalue weighted by Crippen LogP contribution is -2.49. The Morgan fingerprint density at radius 2 is 2.00 bits per heavy atom. The lowest BCUT2D eigenvalue weighted by Gasteiger charge is -2.36. The molecule has 100 valence electrons. The molecule has 1 fully saturated rings. The Balaban J connectivity index is 1.87. The maximum absolute atomic E-state index is 13.1. The van der Waals surface area contributed by atoms with Crippen LogP contribution < -0.4 is 10.6 Å². The van der Waals surface area contributed by atoms with Crippen LogP contribution in [0.2, 0.25) is 0 Å². The Kier molecular flexibility index (Phi) is 4.52. The summed E-state index contributed by atoms with van der Waals surface area (Å²) < 4.78 is 13.1. The van der Waals surface area contributed by atoms with Crippen molar-refractivity contribution in [3.05, 3.63) is 30.1 Å². The number of nitrogens with two attached hydrogens (primary N) is 1. The molecule has 1 aromatic carbocycles. The topological polar surface area (TPSA) is 52.7 Å². The Bertz CT molecular complexity index is 380. The number of nitrogens with zero attached hydrogens (tertiary/aromatic N) is 2. The van der Waals surface area contributed by atoms with E-state index in [1.165, 1.54) is 6.07 Å². The minimum absolute atomic E-state index is 0.200. The average molecular weight is 253 g/mol. The summed E-state index contributed by atoms with van der Waals surface area (Å²) in [5.41, 5.74) is 6.32. The van der Waals surface area contributed by atoms with Gasteiger partial charge in [-0.2, -0.15) is 0 Å². The van der Waals surface area contributed by atoms with Crippen LogP contribution in [0, 0.1) is 5.82 Å². The molecule has 1 saturated heterocycles. The number of hydrogen-bond donors (Lipinski definition) is 2. The number of aliphatic hydroxyl groups excluding tert-OH is 1. The molecule has 1 atom stereocenters. The summed E-state index contributed by atoms with van der Waals surface area (Å²) in [4.78, 5) is 4.35. The maximum Gasteiger partial charge on any atom is 0.125 e. The molecule has 0 radical (unpaired) electrons. The molecular weight excluding hydrogens is 233 g/mol. The largest absolute Gasteiger partial charge is 0.390 e. The fourth-order valence-corrected chi connectivity index (χ4v) is 2.23. The molecule has 0 aromatic heterocycles. The smallest absolute Gasteiger partial charge is 0.125 e. The zero-order valence-corrected chi connectivity index (χ0v) is 10.4. The molecule has 1 unspecified atom stereocenters. The van der Waals surface area contributed by atoms with Crippen molar-refractivity contribution in [3.8, 4) is 0 Å². The highest BCUT2D eigenvalue weighted by atomic mass is 19.1. The first-order chi connectivity index (χ1) is 8.69. The van der Waals surface area contributed by atoms with Crippen LogP contribution >= 0.6 is 0 Å². The van der Waals surface area contributed by atoms with Gasteiger partial charge in [0.15, 0.2) is 0 Å². The number of halogens is 1. The molecule has 2 rings (SSSR count). The zero-order valence-electron chi connectivity index (χ0n) is 10.4. The van der Waals surface area contributed by atoms with Crippen LogP contribution in [-0.4, -0.2) is 55.4 Å². The van der Waals surface area contributed by atoms with Gasteiger partial charge in [0.05, 0.1) is 6.10 Å². The van der Waals surface area contributed by atoms with E-state index >= 15 is 0 Å². The summed E-state index contributed by atoms with van der Waals surface area (Å²) >= 11 is 0. The van der Waals surface area contributed by atoms with Crippen LogP contribution in [0.4, 0.5) is 10.1 Å². The predicted molar refractivity (Wildman–Crippen MR) is 70.1 cm³/mol. The van der Waals surface area contributed by atoms with Gasteiger partial charge >= 0.3 is 0 Å². The van der Waals surface area contributed by atoms with Crippen LogP contribution in [0.1, 0.15) is 0 Å². The molecule has 1 heterocycles. The van der Waals surface area contributed by atoms with E-state index in [0.717, 1.165) is 31.9 Å².